The van der Waals surface area contributed by atoms with E-state index >= 15 is 0 Å². The standard InChI is InChI=1S/C34H54NO3/c1-6-8-9-10-11-12-13-14-15-17-21-30-24-20-25-32(26-30)38-29(3)28-37-34(36)33(7-2)35(4,5)27-31-22-18-16-19-23-31/h16,18-20,22-26,29,33H,6-15,17,21,27-28H2,1-5H3/q+1. The van der Waals surface area contributed by atoms with Crippen LogP contribution in [0.15, 0.2) is 54.6 Å². The number of benzene rings is 2. The molecular weight excluding hydrogens is 470 g/mol. The van der Waals surface area contributed by atoms with E-state index in [9.17, 15) is 4.79 Å². The number of hydrogen-bond acceptors (Lipinski definition) is 3. The minimum Gasteiger partial charge on any atom is -0.487 e. The summed E-state index contributed by atoms with van der Waals surface area (Å²) in [6, 6.07) is 18.5. The lowest BCUT2D eigenvalue weighted by Gasteiger charge is -2.36. The van der Waals surface area contributed by atoms with Gasteiger partial charge in [0.15, 0.2) is 6.04 Å². The first kappa shape index (κ1) is 31.9. The van der Waals surface area contributed by atoms with E-state index in [1.807, 2.05) is 31.2 Å². The van der Waals surface area contributed by atoms with Gasteiger partial charge in [-0.05, 0) is 37.5 Å². The molecule has 2 aromatic carbocycles. The van der Waals surface area contributed by atoms with Crippen molar-refractivity contribution in [2.24, 2.45) is 0 Å². The predicted molar refractivity (Wildman–Crippen MR) is 159 cm³/mol. The highest BCUT2D eigenvalue weighted by molar-refractivity contribution is 5.74. The molecule has 4 heteroatoms. The highest BCUT2D eigenvalue weighted by Crippen LogP contribution is 2.20. The minimum atomic E-state index is -0.216. The van der Waals surface area contributed by atoms with Gasteiger partial charge in [0.05, 0.1) is 14.1 Å². The van der Waals surface area contributed by atoms with Crippen LogP contribution >= 0.6 is 0 Å². The molecule has 2 aromatic rings. The molecule has 0 saturated carbocycles. The number of carbonyl (C=O) groups excluding carboxylic acids is 1. The lowest BCUT2D eigenvalue weighted by atomic mass is 10.0. The number of unbranched alkanes of at least 4 members (excludes halogenated alkanes) is 9. The summed E-state index contributed by atoms with van der Waals surface area (Å²) in [5, 5.41) is 0. The molecule has 0 aromatic heterocycles. The number of aryl methyl sites for hydroxylation is 1. The SMILES string of the molecule is CCCCCCCCCCCCc1cccc(OC(C)COC(=O)C(CC)[N+](C)(C)Cc2ccccc2)c1. The zero-order chi connectivity index (χ0) is 27.6. The summed E-state index contributed by atoms with van der Waals surface area (Å²) in [6.07, 6.45) is 15.2. The van der Waals surface area contributed by atoms with Gasteiger partial charge in [0.2, 0.25) is 0 Å². The number of nitrogens with zero attached hydrogens (tertiary/aromatic N) is 1. The highest BCUT2D eigenvalue weighted by Gasteiger charge is 2.35. The second-order valence-corrected chi connectivity index (χ2v) is 11.5. The van der Waals surface area contributed by atoms with Gasteiger partial charge in [0.1, 0.15) is 25.0 Å². The van der Waals surface area contributed by atoms with Crippen molar-refractivity contribution >= 4 is 5.97 Å². The van der Waals surface area contributed by atoms with Crippen LogP contribution in [0.1, 0.15) is 103 Å². The van der Waals surface area contributed by atoms with Crippen LogP contribution in [0.25, 0.3) is 0 Å². The van der Waals surface area contributed by atoms with E-state index in [4.69, 9.17) is 9.47 Å². The molecule has 38 heavy (non-hydrogen) atoms. The summed E-state index contributed by atoms with van der Waals surface area (Å²) in [7, 11) is 4.20. The van der Waals surface area contributed by atoms with Crippen LogP contribution in [0.3, 0.4) is 0 Å². The Labute approximate surface area is 233 Å². The molecule has 212 valence electrons. The fourth-order valence-corrected chi connectivity index (χ4v) is 5.26. The van der Waals surface area contributed by atoms with Crippen LogP contribution in [0.4, 0.5) is 0 Å². The molecule has 0 N–H and O–H groups in total. The monoisotopic (exact) mass is 524 g/mol. The van der Waals surface area contributed by atoms with E-state index < -0.39 is 0 Å². The topological polar surface area (TPSA) is 35.5 Å². The molecule has 0 aliphatic carbocycles. The summed E-state index contributed by atoms with van der Waals surface area (Å²) >= 11 is 0. The molecule has 2 rings (SSSR count). The van der Waals surface area contributed by atoms with Gasteiger partial charge < -0.3 is 14.0 Å². The van der Waals surface area contributed by atoms with E-state index in [1.165, 1.54) is 75.3 Å². The van der Waals surface area contributed by atoms with Gasteiger partial charge in [-0.2, -0.15) is 0 Å². The van der Waals surface area contributed by atoms with E-state index in [0.717, 1.165) is 25.1 Å². The highest BCUT2D eigenvalue weighted by atomic mass is 16.6. The van der Waals surface area contributed by atoms with Crippen LogP contribution in [0.5, 0.6) is 5.75 Å². The van der Waals surface area contributed by atoms with E-state index in [-0.39, 0.29) is 24.7 Å². The van der Waals surface area contributed by atoms with E-state index in [0.29, 0.717) is 4.48 Å². The minimum absolute atomic E-state index is 0.154. The lowest BCUT2D eigenvalue weighted by Crippen LogP contribution is -2.52. The summed E-state index contributed by atoms with van der Waals surface area (Å²) in [5.41, 5.74) is 2.54. The molecule has 2 unspecified atom stereocenters. The molecule has 0 amide bonds. The molecule has 0 radical (unpaired) electrons. The smallest absolute Gasteiger partial charge is 0.365 e. The third kappa shape index (κ3) is 12.5. The summed E-state index contributed by atoms with van der Waals surface area (Å²) in [6.45, 7) is 7.33. The molecule has 0 fully saturated rings. The van der Waals surface area contributed by atoms with Crippen molar-refractivity contribution < 1.29 is 18.8 Å². The van der Waals surface area contributed by atoms with Gasteiger partial charge in [0.25, 0.3) is 0 Å². The number of hydrogen-bond donors (Lipinski definition) is 0. The first-order valence-electron chi connectivity index (χ1n) is 15.1. The Morgan fingerprint density at radius 1 is 0.789 bits per heavy atom. The normalized spacial score (nSPS) is 13.2. The molecule has 0 saturated heterocycles. The van der Waals surface area contributed by atoms with Gasteiger partial charge >= 0.3 is 5.97 Å². The Balaban J connectivity index is 1.70. The van der Waals surface area contributed by atoms with Crippen LogP contribution < -0.4 is 4.74 Å². The van der Waals surface area contributed by atoms with E-state index in [2.05, 4.69) is 58.3 Å². The molecular formula is C34H54NO3+. The number of likely N-dealkylation sites (N-methyl/N-ethyl adjacent to an activating group) is 1. The molecule has 4 nitrogen and oxygen atoms in total. The van der Waals surface area contributed by atoms with Crippen molar-refractivity contribution in [3.8, 4) is 5.75 Å². The summed E-state index contributed by atoms with van der Waals surface area (Å²) < 4.78 is 12.4. The van der Waals surface area contributed by atoms with Gasteiger partial charge in [-0.3, -0.25) is 0 Å². The molecule has 2 atom stereocenters. The van der Waals surface area contributed by atoms with Crippen LogP contribution in [-0.2, 0) is 22.5 Å². The fourth-order valence-electron chi connectivity index (χ4n) is 5.26. The second kappa shape index (κ2) is 18.0. The number of rotatable bonds is 20. The van der Waals surface area contributed by atoms with Crippen molar-refractivity contribution in [1.29, 1.82) is 0 Å². The zero-order valence-corrected chi connectivity index (χ0v) is 24.9. The molecule has 0 bridgehead atoms. The third-order valence-electron chi connectivity index (χ3n) is 7.45. The molecule has 0 heterocycles. The number of carbonyl (C=O) groups is 1. The Kier molecular flexibility index (Phi) is 15.1. The van der Waals surface area contributed by atoms with Crippen molar-refractivity contribution in [3.63, 3.8) is 0 Å². The summed E-state index contributed by atoms with van der Waals surface area (Å²) in [4.78, 5) is 13.0. The van der Waals surface area contributed by atoms with Gasteiger partial charge in [-0.15, -0.1) is 0 Å². The maximum atomic E-state index is 13.0. The van der Waals surface area contributed by atoms with Crippen molar-refractivity contribution in [2.75, 3.05) is 20.7 Å². The van der Waals surface area contributed by atoms with Crippen molar-refractivity contribution in [2.45, 2.75) is 117 Å². The first-order valence-corrected chi connectivity index (χ1v) is 15.1. The molecule has 0 aliphatic heterocycles. The third-order valence-corrected chi connectivity index (χ3v) is 7.45. The van der Waals surface area contributed by atoms with Crippen LogP contribution in [0.2, 0.25) is 0 Å². The van der Waals surface area contributed by atoms with Crippen molar-refractivity contribution in [3.05, 3.63) is 65.7 Å². The Hall–Kier alpha value is -2.33. The molecule has 0 spiro atoms. The number of ether oxygens (including phenoxy) is 2. The fraction of sp³-hybridized carbons (Fsp3) is 0.618. The lowest BCUT2D eigenvalue weighted by molar-refractivity contribution is -0.919. The van der Waals surface area contributed by atoms with Gasteiger partial charge in [-0.25, -0.2) is 4.79 Å². The molecule has 0 aliphatic rings. The average molecular weight is 525 g/mol. The second-order valence-electron chi connectivity index (χ2n) is 11.5. The predicted octanol–water partition coefficient (Wildman–Crippen LogP) is 8.52. The Bertz CT molecular complexity index is 896. The Morgan fingerprint density at radius 3 is 2.03 bits per heavy atom. The number of quaternary nitrogens is 1. The summed E-state index contributed by atoms with van der Waals surface area (Å²) in [5.74, 6) is 0.698. The average Bonchev–Trinajstić information content (AvgIpc) is 2.89. The zero-order valence-electron chi connectivity index (χ0n) is 24.9. The van der Waals surface area contributed by atoms with Crippen LogP contribution in [-0.4, -0.2) is 43.3 Å². The van der Waals surface area contributed by atoms with Crippen LogP contribution in [0, 0.1) is 0 Å². The largest absolute Gasteiger partial charge is 0.487 e. The quantitative estimate of drug-likeness (QED) is 0.0989. The maximum absolute atomic E-state index is 13.0. The Morgan fingerprint density at radius 2 is 1.39 bits per heavy atom. The van der Waals surface area contributed by atoms with E-state index in [1.54, 1.807) is 0 Å². The van der Waals surface area contributed by atoms with Gasteiger partial charge in [0, 0.05) is 12.0 Å². The maximum Gasteiger partial charge on any atom is 0.365 e. The first-order chi connectivity index (χ1) is 18.4. The number of esters is 1. The van der Waals surface area contributed by atoms with Crippen molar-refractivity contribution in [1.82, 2.24) is 0 Å². The van der Waals surface area contributed by atoms with Gasteiger partial charge in [-0.1, -0.05) is 114 Å².